The van der Waals surface area contributed by atoms with E-state index in [1.54, 1.807) is 18.5 Å². The monoisotopic (exact) mass is 445 g/mol. The standard InChI is InChI=1S/C25H27N5O3/c31-24(22-9-4-10-23(16-22)29-14-12-26-13-15-29)28-33-25(32)30(18-20-6-2-1-3-7-20)19-21-8-5-11-27-17-21/h1-11,16-17,26H,12-15,18-19H2,(H,28,31). The van der Waals surface area contributed by atoms with Crippen molar-refractivity contribution in [1.29, 1.82) is 0 Å². The number of nitrogens with one attached hydrogen (secondary N) is 2. The van der Waals surface area contributed by atoms with Crippen LogP contribution in [0.15, 0.2) is 79.1 Å². The third-order valence-electron chi connectivity index (χ3n) is 5.39. The summed E-state index contributed by atoms with van der Waals surface area (Å²) < 4.78 is 0. The van der Waals surface area contributed by atoms with E-state index in [4.69, 9.17) is 4.84 Å². The molecule has 0 aliphatic carbocycles. The molecule has 170 valence electrons. The van der Waals surface area contributed by atoms with E-state index < -0.39 is 12.0 Å². The van der Waals surface area contributed by atoms with E-state index in [-0.39, 0.29) is 0 Å². The number of carbonyl (C=O) groups excluding carboxylic acids is 2. The van der Waals surface area contributed by atoms with Crippen LogP contribution >= 0.6 is 0 Å². The molecule has 0 atom stereocenters. The van der Waals surface area contributed by atoms with E-state index in [1.165, 1.54) is 4.90 Å². The molecule has 0 radical (unpaired) electrons. The van der Waals surface area contributed by atoms with Gasteiger partial charge >= 0.3 is 6.09 Å². The molecule has 2 heterocycles. The van der Waals surface area contributed by atoms with Crippen LogP contribution in [0.4, 0.5) is 10.5 Å². The van der Waals surface area contributed by atoms with Crippen molar-refractivity contribution in [2.24, 2.45) is 0 Å². The van der Waals surface area contributed by atoms with E-state index >= 15 is 0 Å². The van der Waals surface area contributed by atoms with Crippen molar-refractivity contribution in [3.05, 3.63) is 95.8 Å². The first-order valence-electron chi connectivity index (χ1n) is 10.9. The van der Waals surface area contributed by atoms with Crippen LogP contribution in [0.5, 0.6) is 0 Å². The van der Waals surface area contributed by atoms with Gasteiger partial charge in [0.05, 0.1) is 6.54 Å². The smallest absolute Gasteiger partial charge is 0.369 e. The zero-order valence-electron chi connectivity index (χ0n) is 18.3. The summed E-state index contributed by atoms with van der Waals surface area (Å²) in [7, 11) is 0. The molecular formula is C25H27N5O3. The molecule has 33 heavy (non-hydrogen) atoms. The fraction of sp³-hybridized carbons (Fsp3) is 0.240. The summed E-state index contributed by atoms with van der Waals surface area (Å²) in [6.45, 7) is 4.20. The van der Waals surface area contributed by atoms with Crippen molar-refractivity contribution < 1.29 is 14.4 Å². The van der Waals surface area contributed by atoms with Crippen molar-refractivity contribution >= 4 is 17.7 Å². The Balaban J connectivity index is 1.40. The van der Waals surface area contributed by atoms with E-state index in [9.17, 15) is 9.59 Å². The van der Waals surface area contributed by atoms with Gasteiger partial charge in [-0.15, -0.1) is 0 Å². The van der Waals surface area contributed by atoms with Gasteiger partial charge in [-0.3, -0.25) is 14.7 Å². The second kappa shape index (κ2) is 11.1. The highest BCUT2D eigenvalue weighted by molar-refractivity contribution is 5.95. The van der Waals surface area contributed by atoms with Crippen molar-refractivity contribution in [1.82, 2.24) is 20.7 Å². The summed E-state index contributed by atoms with van der Waals surface area (Å²) in [6, 6.07) is 20.6. The molecule has 8 heteroatoms. The van der Waals surface area contributed by atoms with Crippen LogP contribution in [0.3, 0.4) is 0 Å². The average Bonchev–Trinajstić information content (AvgIpc) is 2.88. The van der Waals surface area contributed by atoms with Crippen LogP contribution < -0.4 is 15.7 Å². The maximum Gasteiger partial charge on any atom is 0.434 e. The van der Waals surface area contributed by atoms with Gasteiger partial charge in [0.15, 0.2) is 0 Å². The zero-order valence-corrected chi connectivity index (χ0v) is 18.3. The average molecular weight is 446 g/mol. The Hall–Kier alpha value is -3.91. The molecule has 2 amide bonds. The molecule has 0 unspecified atom stereocenters. The number of anilines is 1. The van der Waals surface area contributed by atoms with Crippen molar-refractivity contribution in [2.45, 2.75) is 13.1 Å². The molecule has 0 saturated carbocycles. The lowest BCUT2D eigenvalue weighted by Crippen LogP contribution is -2.43. The maximum atomic E-state index is 12.9. The minimum absolute atomic E-state index is 0.302. The molecule has 3 aromatic rings. The highest BCUT2D eigenvalue weighted by Crippen LogP contribution is 2.17. The Morgan fingerprint density at radius 3 is 2.48 bits per heavy atom. The molecule has 1 aliphatic heterocycles. The minimum atomic E-state index is -0.644. The number of rotatable bonds is 6. The first-order valence-corrected chi connectivity index (χ1v) is 10.9. The Morgan fingerprint density at radius 1 is 0.970 bits per heavy atom. The maximum absolute atomic E-state index is 12.9. The number of benzene rings is 2. The fourth-order valence-corrected chi connectivity index (χ4v) is 3.68. The van der Waals surface area contributed by atoms with Crippen molar-refractivity contribution in [2.75, 3.05) is 31.1 Å². The molecule has 2 N–H and O–H groups in total. The van der Waals surface area contributed by atoms with Gasteiger partial charge < -0.3 is 15.1 Å². The number of aromatic nitrogens is 1. The van der Waals surface area contributed by atoms with Gasteiger partial charge in [-0.1, -0.05) is 42.5 Å². The van der Waals surface area contributed by atoms with Gasteiger partial charge in [0.25, 0.3) is 5.91 Å². The van der Waals surface area contributed by atoms with Crippen LogP contribution in [0.2, 0.25) is 0 Å². The number of amides is 2. The van der Waals surface area contributed by atoms with E-state index in [1.807, 2.05) is 60.7 Å². The normalized spacial score (nSPS) is 13.3. The van der Waals surface area contributed by atoms with Crippen LogP contribution in [-0.4, -0.2) is 48.1 Å². The number of hydrogen-bond donors (Lipinski definition) is 2. The van der Waals surface area contributed by atoms with Gasteiger partial charge in [-0.2, -0.15) is 5.48 Å². The first-order chi connectivity index (χ1) is 16.2. The van der Waals surface area contributed by atoms with Gasteiger partial charge in [-0.25, -0.2) is 4.79 Å². The third kappa shape index (κ3) is 6.30. The zero-order chi connectivity index (χ0) is 22.9. The summed E-state index contributed by atoms with van der Waals surface area (Å²) in [4.78, 5) is 38.6. The number of carbonyl (C=O) groups is 2. The fourth-order valence-electron chi connectivity index (χ4n) is 3.68. The second-order valence-corrected chi connectivity index (χ2v) is 7.79. The summed E-state index contributed by atoms with van der Waals surface area (Å²) in [5, 5.41) is 3.31. The number of nitrogens with zero attached hydrogens (tertiary/aromatic N) is 3. The Morgan fingerprint density at radius 2 is 1.73 bits per heavy atom. The van der Waals surface area contributed by atoms with Gasteiger partial charge in [0.2, 0.25) is 0 Å². The quantitative estimate of drug-likeness (QED) is 0.568. The van der Waals surface area contributed by atoms with E-state index in [2.05, 4.69) is 20.7 Å². The van der Waals surface area contributed by atoms with Gasteiger partial charge in [-0.05, 0) is 35.4 Å². The minimum Gasteiger partial charge on any atom is -0.369 e. The first kappa shape index (κ1) is 22.3. The molecule has 2 aromatic carbocycles. The van der Waals surface area contributed by atoms with Crippen LogP contribution in [0, 0.1) is 0 Å². The summed E-state index contributed by atoms with van der Waals surface area (Å²) in [5.74, 6) is -0.471. The topological polar surface area (TPSA) is 86.8 Å². The number of pyridine rings is 1. The molecule has 4 rings (SSSR count). The highest BCUT2D eigenvalue weighted by Gasteiger charge is 2.19. The summed E-state index contributed by atoms with van der Waals surface area (Å²) in [6.07, 6.45) is 2.73. The number of hydroxylamine groups is 1. The lowest BCUT2D eigenvalue weighted by Gasteiger charge is -2.29. The molecule has 0 bridgehead atoms. The molecule has 1 aliphatic rings. The van der Waals surface area contributed by atoms with E-state index in [0.717, 1.165) is 43.0 Å². The Kier molecular flexibility index (Phi) is 7.50. The number of hydrogen-bond acceptors (Lipinski definition) is 6. The second-order valence-electron chi connectivity index (χ2n) is 7.79. The van der Waals surface area contributed by atoms with Gasteiger partial charge in [0, 0.05) is 56.4 Å². The molecule has 8 nitrogen and oxygen atoms in total. The van der Waals surface area contributed by atoms with E-state index in [0.29, 0.717) is 18.7 Å². The van der Waals surface area contributed by atoms with Crippen LogP contribution in [-0.2, 0) is 17.9 Å². The van der Waals surface area contributed by atoms with Crippen LogP contribution in [0.1, 0.15) is 21.5 Å². The SMILES string of the molecule is O=C(NOC(=O)N(Cc1ccccc1)Cc1cccnc1)c1cccc(N2CCNCC2)c1. The lowest BCUT2D eigenvalue weighted by atomic mass is 10.1. The van der Waals surface area contributed by atoms with Gasteiger partial charge in [0.1, 0.15) is 0 Å². The predicted octanol–water partition coefficient (Wildman–Crippen LogP) is 2.98. The number of piperazine rings is 1. The summed E-state index contributed by atoms with van der Waals surface area (Å²) >= 11 is 0. The molecule has 1 fully saturated rings. The Bertz CT molecular complexity index is 1010. The van der Waals surface area contributed by atoms with Crippen molar-refractivity contribution in [3.63, 3.8) is 0 Å². The molecule has 0 spiro atoms. The lowest BCUT2D eigenvalue weighted by molar-refractivity contribution is 0.0397. The molecule has 1 aromatic heterocycles. The van der Waals surface area contributed by atoms with Crippen molar-refractivity contribution in [3.8, 4) is 0 Å². The highest BCUT2D eigenvalue weighted by atomic mass is 16.7. The molecular weight excluding hydrogens is 418 g/mol. The van der Waals surface area contributed by atoms with Crippen LogP contribution in [0.25, 0.3) is 0 Å². The molecule has 1 saturated heterocycles. The summed E-state index contributed by atoms with van der Waals surface area (Å²) in [5.41, 5.74) is 5.52. The largest absolute Gasteiger partial charge is 0.434 e. The Labute approximate surface area is 193 Å². The third-order valence-corrected chi connectivity index (χ3v) is 5.39. The predicted molar refractivity (Wildman–Crippen MR) is 125 cm³/mol.